The van der Waals surface area contributed by atoms with Crippen molar-refractivity contribution in [2.24, 2.45) is 0 Å². The van der Waals surface area contributed by atoms with E-state index in [1.807, 2.05) is 0 Å². The monoisotopic (exact) mass is 236 g/mol. The van der Waals surface area contributed by atoms with Crippen molar-refractivity contribution in [2.75, 3.05) is 13.2 Å². The maximum absolute atomic E-state index is 10.5. The molecule has 0 bridgehead atoms. The van der Waals surface area contributed by atoms with Crippen molar-refractivity contribution in [3.05, 3.63) is 23.8 Å². The van der Waals surface area contributed by atoms with Gasteiger partial charge in [-0.1, -0.05) is 6.07 Å². The molecule has 0 fully saturated rings. The molecular formula is C13H16O4. The van der Waals surface area contributed by atoms with Crippen LogP contribution < -0.4 is 9.47 Å². The highest BCUT2D eigenvalue weighted by molar-refractivity contribution is 5.53. The number of hydrogen-bond acceptors (Lipinski definition) is 4. The van der Waals surface area contributed by atoms with Crippen molar-refractivity contribution in [2.45, 2.75) is 25.4 Å². The molecule has 92 valence electrons. The molecule has 1 N–H and O–H groups in total. The number of carbonyl (C=O) groups is 1. The van der Waals surface area contributed by atoms with Crippen LogP contribution in [-0.4, -0.2) is 24.6 Å². The fourth-order valence-electron chi connectivity index (χ4n) is 1.78. The molecule has 0 aliphatic carbocycles. The molecular weight excluding hydrogens is 220 g/mol. The standard InChI is InChI=1S/C13H16O4/c1-13(15,5-6-14)10-3-4-11-12(9-10)17-8-2-7-16-11/h3-4,6,9,15H,2,5,7-8H2,1H3. The van der Waals surface area contributed by atoms with E-state index in [4.69, 9.17) is 9.47 Å². The predicted octanol–water partition coefficient (Wildman–Crippen LogP) is 1.64. The van der Waals surface area contributed by atoms with Gasteiger partial charge >= 0.3 is 0 Å². The van der Waals surface area contributed by atoms with Gasteiger partial charge in [0, 0.05) is 12.8 Å². The number of hydrogen-bond donors (Lipinski definition) is 1. The van der Waals surface area contributed by atoms with Crippen molar-refractivity contribution in [3.63, 3.8) is 0 Å². The number of ether oxygens (including phenoxy) is 2. The normalized spacial score (nSPS) is 18.0. The molecule has 1 aliphatic rings. The minimum Gasteiger partial charge on any atom is -0.490 e. The highest BCUT2D eigenvalue weighted by Gasteiger charge is 2.24. The summed E-state index contributed by atoms with van der Waals surface area (Å²) in [6.45, 7) is 2.85. The lowest BCUT2D eigenvalue weighted by Gasteiger charge is -2.22. The molecule has 1 aliphatic heterocycles. The molecule has 1 aromatic rings. The maximum Gasteiger partial charge on any atom is 0.161 e. The molecule has 1 atom stereocenters. The zero-order chi connectivity index (χ0) is 12.3. The van der Waals surface area contributed by atoms with Crippen LogP contribution in [-0.2, 0) is 10.4 Å². The van der Waals surface area contributed by atoms with Crippen LogP contribution in [0.5, 0.6) is 11.5 Å². The largest absolute Gasteiger partial charge is 0.490 e. The number of carbonyl (C=O) groups excluding carboxylic acids is 1. The van der Waals surface area contributed by atoms with Crippen LogP contribution >= 0.6 is 0 Å². The van der Waals surface area contributed by atoms with Gasteiger partial charge < -0.3 is 19.4 Å². The molecule has 1 heterocycles. The van der Waals surface area contributed by atoms with Gasteiger partial charge in [0.05, 0.1) is 18.8 Å². The lowest BCUT2D eigenvalue weighted by Crippen LogP contribution is -2.21. The number of rotatable bonds is 3. The van der Waals surface area contributed by atoms with Crippen molar-refractivity contribution in [1.82, 2.24) is 0 Å². The van der Waals surface area contributed by atoms with Gasteiger partial charge in [-0.2, -0.15) is 0 Å². The lowest BCUT2D eigenvalue weighted by molar-refractivity contribution is -0.112. The first-order chi connectivity index (χ1) is 8.13. The molecule has 0 saturated carbocycles. The maximum atomic E-state index is 10.5. The zero-order valence-corrected chi connectivity index (χ0v) is 9.81. The molecule has 4 heteroatoms. The first-order valence-corrected chi connectivity index (χ1v) is 5.69. The summed E-state index contributed by atoms with van der Waals surface area (Å²) in [6, 6.07) is 5.27. The van der Waals surface area contributed by atoms with Gasteiger partial charge in [0.25, 0.3) is 0 Å². The van der Waals surface area contributed by atoms with Gasteiger partial charge in [0.1, 0.15) is 6.29 Å². The van der Waals surface area contributed by atoms with E-state index in [0.717, 1.165) is 6.42 Å². The molecule has 0 spiro atoms. The molecule has 0 saturated heterocycles. The summed E-state index contributed by atoms with van der Waals surface area (Å²) in [7, 11) is 0. The molecule has 1 unspecified atom stereocenters. The van der Waals surface area contributed by atoms with Crippen LogP contribution in [0.25, 0.3) is 0 Å². The van der Waals surface area contributed by atoms with Crippen molar-refractivity contribution in [3.8, 4) is 11.5 Å². The van der Waals surface area contributed by atoms with E-state index in [2.05, 4.69) is 0 Å². The van der Waals surface area contributed by atoms with Crippen LogP contribution in [0.1, 0.15) is 25.3 Å². The van der Waals surface area contributed by atoms with Crippen LogP contribution in [0, 0.1) is 0 Å². The summed E-state index contributed by atoms with van der Waals surface area (Å²) in [5.74, 6) is 1.32. The Balaban J connectivity index is 2.32. The lowest BCUT2D eigenvalue weighted by atomic mass is 9.93. The highest BCUT2D eigenvalue weighted by atomic mass is 16.5. The van der Waals surface area contributed by atoms with Crippen LogP contribution in [0.15, 0.2) is 18.2 Å². The average Bonchev–Trinajstić information content (AvgIpc) is 2.52. The molecule has 0 amide bonds. The van der Waals surface area contributed by atoms with E-state index < -0.39 is 5.60 Å². The van der Waals surface area contributed by atoms with Crippen LogP contribution in [0.3, 0.4) is 0 Å². The van der Waals surface area contributed by atoms with Crippen LogP contribution in [0.2, 0.25) is 0 Å². The second kappa shape index (κ2) is 4.75. The first kappa shape index (κ1) is 11.9. The summed E-state index contributed by atoms with van der Waals surface area (Å²) in [5, 5.41) is 10.1. The summed E-state index contributed by atoms with van der Waals surface area (Å²) in [6.07, 6.45) is 1.62. The van der Waals surface area contributed by atoms with Crippen molar-refractivity contribution < 1.29 is 19.4 Å². The van der Waals surface area contributed by atoms with E-state index >= 15 is 0 Å². The highest BCUT2D eigenvalue weighted by Crippen LogP contribution is 2.34. The predicted molar refractivity (Wildman–Crippen MR) is 62.3 cm³/mol. The fourth-order valence-corrected chi connectivity index (χ4v) is 1.78. The fraction of sp³-hybridized carbons (Fsp3) is 0.462. The zero-order valence-electron chi connectivity index (χ0n) is 9.81. The summed E-state index contributed by atoms with van der Waals surface area (Å²) in [4.78, 5) is 10.5. The van der Waals surface area contributed by atoms with Gasteiger partial charge in [0.2, 0.25) is 0 Å². The second-order valence-corrected chi connectivity index (χ2v) is 4.36. The summed E-state index contributed by atoms with van der Waals surface area (Å²) < 4.78 is 11.0. The van der Waals surface area contributed by atoms with E-state index in [0.29, 0.717) is 36.6 Å². The number of aldehydes is 1. The van der Waals surface area contributed by atoms with E-state index in [9.17, 15) is 9.90 Å². The third-order valence-corrected chi connectivity index (χ3v) is 2.85. The Kier molecular flexibility index (Phi) is 3.33. The third kappa shape index (κ3) is 2.58. The minimum atomic E-state index is -1.16. The smallest absolute Gasteiger partial charge is 0.161 e. The quantitative estimate of drug-likeness (QED) is 0.811. The Morgan fingerprint density at radius 2 is 2.06 bits per heavy atom. The Morgan fingerprint density at radius 3 is 2.76 bits per heavy atom. The molecule has 17 heavy (non-hydrogen) atoms. The summed E-state index contributed by atoms with van der Waals surface area (Å²) in [5.41, 5.74) is -0.499. The Morgan fingerprint density at radius 1 is 1.35 bits per heavy atom. The van der Waals surface area contributed by atoms with E-state index in [1.54, 1.807) is 25.1 Å². The van der Waals surface area contributed by atoms with Gasteiger partial charge in [-0.15, -0.1) is 0 Å². The third-order valence-electron chi connectivity index (χ3n) is 2.85. The second-order valence-electron chi connectivity index (χ2n) is 4.36. The Bertz CT molecular complexity index is 412. The Hall–Kier alpha value is -1.55. The molecule has 1 aromatic carbocycles. The number of fused-ring (bicyclic) bond motifs is 1. The number of aliphatic hydroxyl groups is 1. The van der Waals surface area contributed by atoms with E-state index in [-0.39, 0.29) is 6.42 Å². The molecule has 4 nitrogen and oxygen atoms in total. The van der Waals surface area contributed by atoms with Gasteiger partial charge in [-0.3, -0.25) is 0 Å². The molecule has 2 rings (SSSR count). The number of benzene rings is 1. The first-order valence-electron chi connectivity index (χ1n) is 5.69. The van der Waals surface area contributed by atoms with Crippen LogP contribution in [0.4, 0.5) is 0 Å². The Labute approximate surface area is 100 Å². The van der Waals surface area contributed by atoms with Gasteiger partial charge in [0.15, 0.2) is 11.5 Å². The van der Waals surface area contributed by atoms with Gasteiger partial charge in [-0.25, -0.2) is 0 Å². The SMILES string of the molecule is CC(O)(CC=O)c1ccc2c(c1)OCCCO2. The van der Waals surface area contributed by atoms with Gasteiger partial charge in [-0.05, 0) is 24.6 Å². The topological polar surface area (TPSA) is 55.8 Å². The molecule has 0 radical (unpaired) electrons. The van der Waals surface area contributed by atoms with Crippen molar-refractivity contribution >= 4 is 6.29 Å². The summed E-state index contributed by atoms with van der Waals surface area (Å²) >= 11 is 0. The minimum absolute atomic E-state index is 0.0621. The average molecular weight is 236 g/mol. The van der Waals surface area contributed by atoms with E-state index in [1.165, 1.54) is 0 Å². The molecule has 0 aromatic heterocycles. The van der Waals surface area contributed by atoms with Crippen molar-refractivity contribution in [1.29, 1.82) is 0 Å².